The molecule has 0 unspecified atom stereocenters. The topological polar surface area (TPSA) is 45.7 Å². The van der Waals surface area contributed by atoms with Crippen LogP contribution >= 0.6 is 11.6 Å². The van der Waals surface area contributed by atoms with Crippen LogP contribution in [-0.4, -0.2) is 47.8 Å². The number of anilines is 1. The number of nitrogens with zero attached hydrogens (tertiary/aromatic N) is 3. The Kier molecular flexibility index (Phi) is 5.56. The molecule has 1 fully saturated rings. The second-order valence-electron chi connectivity index (χ2n) is 7.50. The van der Waals surface area contributed by atoms with Gasteiger partial charge in [0.25, 0.3) is 0 Å². The molecule has 0 bridgehead atoms. The van der Waals surface area contributed by atoms with Gasteiger partial charge in [0.15, 0.2) is 0 Å². The first kappa shape index (κ1) is 19.4. The summed E-state index contributed by atoms with van der Waals surface area (Å²) in [7, 11) is 0. The van der Waals surface area contributed by atoms with Crippen molar-refractivity contribution in [3.05, 3.63) is 47.4 Å². The molecule has 0 radical (unpaired) electrons. The largest absolute Gasteiger partial charge is 0.444 e. The van der Waals surface area contributed by atoms with E-state index in [1.54, 1.807) is 23.1 Å². The quantitative estimate of drug-likeness (QED) is 0.702. The number of carbonyl (C=O) groups excluding carboxylic acids is 1. The third kappa shape index (κ3) is 5.10. The van der Waals surface area contributed by atoms with Crippen LogP contribution in [0.5, 0.6) is 0 Å². The Bertz CT molecular complexity index is 813. The van der Waals surface area contributed by atoms with Gasteiger partial charge in [-0.1, -0.05) is 23.7 Å². The van der Waals surface area contributed by atoms with Crippen molar-refractivity contribution in [2.24, 2.45) is 0 Å². The summed E-state index contributed by atoms with van der Waals surface area (Å²) in [5.74, 6) is 0.461. The average molecular weight is 392 g/mol. The van der Waals surface area contributed by atoms with Crippen LogP contribution < -0.4 is 4.90 Å². The van der Waals surface area contributed by atoms with E-state index in [2.05, 4.69) is 9.88 Å². The van der Waals surface area contributed by atoms with Gasteiger partial charge in [0.2, 0.25) is 0 Å². The number of amides is 1. The number of pyridine rings is 1. The SMILES string of the molecule is CC(C)(C)OC(=O)N1CCN(c2cc(-c3ccc(F)cc3)cc(Cl)n2)CC1. The minimum absolute atomic E-state index is 0.280. The van der Waals surface area contributed by atoms with E-state index in [4.69, 9.17) is 16.3 Å². The van der Waals surface area contributed by atoms with Gasteiger partial charge in [0, 0.05) is 26.2 Å². The Hall–Kier alpha value is -2.34. The van der Waals surface area contributed by atoms with Crippen LogP contribution in [0.1, 0.15) is 20.8 Å². The maximum atomic E-state index is 13.2. The smallest absolute Gasteiger partial charge is 0.410 e. The Morgan fingerprint density at radius 1 is 1.07 bits per heavy atom. The van der Waals surface area contributed by atoms with Crippen molar-refractivity contribution >= 4 is 23.5 Å². The number of rotatable bonds is 2. The maximum absolute atomic E-state index is 13.2. The molecule has 0 saturated carbocycles. The van der Waals surface area contributed by atoms with Crippen LogP contribution in [0.4, 0.5) is 15.0 Å². The van der Waals surface area contributed by atoms with Crippen molar-refractivity contribution in [2.45, 2.75) is 26.4 Å². The van der Waals surface area contributed by atoms with E-state index in [1.165, 1.54) is 12.1 Å². The van der Waals surface area contributed by atoms with Gasteiger partial charge < -0.3 is 14.5 Å². The first-order valence-electron chi connectivity index (χ1n) is 8.88. The van der Waals surface area contributed by atoms with E-state index in [0.29, 0.717) is 31.3 Å². The Balaban J connectivity index is 1.71. The van der Waals surface area contributed by atoms with Crippen LogP contribution in [0.25, 0.3) is 11.1 Å². The molecule has 3 rings (SSSR count). The van der Waals surface area contributed by atoms with Gasteiger partial charge >= 0.3 is 6.09 Å². The van der Waals surface area contributed by atoms with E-state index >= 15 is 0 Å². The molecule has 2 aromatic rings. The predicted molar refractivity (Wildman–Crippen MR) is 105 cm³/mol. The van der Waals surface area contributed by atoms with Gasteiger partial charge in [-0.25, -0.2) is 14.2 Å². The van der Waals surface area contributed by atoms with Gasteiger partial charge in [-0.15, -0.1) is 0 Å². The molecule has 0 N–H and O–H groups in total. The zero-order chi connectivity index (χ0) is 19.6. The fraction of sp³-hybridized carbons (Fsp3) is 0.400. The van der Waals surface area contributed by atoms with E-state index in [0.717, 1.165) is 16.9 Å². The molecular weight excluding hydrogens is 369 g/mol. The summed E-state index contributed by atoms with van der Waals surface area (Å²) in [5, 5.41) is 0.376. The maximum Gasteiger partial charge on any atom is 0.410 e. The van der Waals surface area contributed by atoms with E-state index in [-0.39, 0.29) is 11.9 Å². The molecule has 2 heterocycles. The normalized spacial score (nSPS) is 15.0. The average Bonchev–Trinajstić information content (AvgIpc) is 2.60. The number of carbonyl (C=O) groups is 1. The predicted octanol–water partition coefficient (Wildman–Crippen LogP) is 4.60. The van der Waals surface area contributed by atoms with Gasteiger partial charge in [-0.05, 0) is 56.2 Å². The number of ether oxygens (including phenoxy) is 1. The summed E-state index contributed by atoms with van der Waals surface area (Å²) >= 11 is 6.21. The summed E-state index contributed by atoms with van der Waals surface area (Å²) in [6.45, 7) is 7.94. The molecule has 1 aromatic carbocycles. The van der Waals surface area contributed by atoms with Crippen molar-refractivity contribution in [1.29, 1.82) is 0 Å². The summed E-state index contributed by atoms with van der Waals surface area (Å²) in [6, 6.07) is 9.96. The zero-order valence-electron chi connectivity index (χ0n) is 15.7. The molecule has 1 saturated heterocycles. The van der Waals surface area contributed by atoms with Gasteiger partial charge in [-0.2, -0.15) is 0 Å². The summed E-state index contributed by atoms with van der Waals surface area (Å²) in [4.78, 5) is 20.4. The van der Waals surface area contributed by atoms with E-state index in [1.807, 2.05) is 26.8 Å². The third-order valence-corrected chi connectivity index (χ3v) is 4.41. The molecule has 0 spiro atoms. The molecule has 27 heavy (non-hydrogen) atoms. The van der Waals surface area contributed by atoms with Crippen molar-refractivity contribution in [3.63, 3.8) is 0 Å². The van der Waals surface area contributed by atoms with Crippen molar-refractivity contribution in [2.75, 3.05) is 31.1 Å². The number of benzene rings is 1. The monoisotopic (exact) mass is 391 g/mol. The minimum Gasteiger partial charge on any atom is -0.444 e. The van der Waals surface area contributed by atoms with Crippen LogP contribution in [-0.2, 0) is 4.74 Å². The van der Waals surface area contributed by atoms with Crippen LogP contribution in [0, 0.1) is 5.82 Å². The highest BCUT2D eigenvalue weighted by molar-refractivity contribution is 6.29. The summed E-state index contributed by atoms with van der Waals surface area (Å²) < 4.78 is 18.6. The summed E-state index contributed by atoms with van der Waals surface area (Å²) in [6.07, 6.45) is -0.298. The second kappa shape index (κ2) is 7.72. The second-order valence-corrected chi connectivity index (χ2v) is 7.89. The fourth-order valence-electron chi connectivity index (χ4n) is 2.90. The number of hydrogen-bond acceptors (Lipinski definition) is 4. The Labute approximate surface area is 163 Å². The minimum atomic E-state index is -0.507. The molecule has 1 aliphatic heterocycles. The number of piperazine rings is 1. The van der Waals surface area contributed by atoms with Crippen LogP contribution in [0.3, 0.4) is 0 Å². The molecule has 7 heteroatoms. The molecule has 1 aliphatic rings. The Morgan fingerprint density at radius 2 is 1.70 bits per heavy atom. The molecular formula is C20H23ClFN3O2. The highest BCUT2D eigenvalue weighted by atomic mass is 35.5. The molecule has 144 valence electrons. The lowest BCUT2D eigenvalue weighted by atomic mass is 10.1. The number of aromatic nitrogens is 1. The lowest BCUT2D eigenvalue weighted by Gasteiger charge is -2.36. The van der Waals surface area contributed by atoms with Gasteiger partial charge in [0.1, 0.15) is 22.4 Å². The van der Waals surface area contributed by atoms with Crippen LogP contribution in [0.2, 0.25) is 5.15 Å². The molecule has 0 atom stereocenters. The van der Waals surface area contributed by atoms with Gasteiger partial charge in [0.05, 0.1) is 0 Å². The highest BCUT2D eigenvalue weighted by Crippen LogP contribution is 2.27. The third-order valence-electron chi connectivity index (χ3n) is 4.21. The zero-order valence-corrected chi connectivity index (χ0v) is 16.5. The van der Waals surface area contributed by atoms with Crippen LogP contribution in [0.15, 0.2) is 36.4 Å². The molecule has 0 aliphatic carbocycles. The molecule has 1 aromatic heterocycles. The number of hydrogen-bond donors (Lipinski definition) is 0. The van der Waals surface area contributed by atoms with Gasteiger partial charge in [-0.3, -0.25) is 0 Å². The lowest BCUT2D eigenvalue weighted by Crippen LogP contribution is -2.50. The van der Waals surface area contributed by atoms with E-state index in [9.17, 15) is 9.18 Å². The van der Waals surface area contributed by atoms with E-state index < -0.39 is 5.60 Å². The molecule has 1 amide bonds. The Morgan fingerprint density at radius 3 is 2.30 bits per heavy atom. The van der Waals surface area contributed by atoms with Crippen molar-refractivity contribution in [3.8, 4) is 11.1 Å². The molecule has 5 nitrogen and oxygen atoms in total. The van der Waals surface area contributed by atoms with Crippen molar-refractivity contribution < 1.29 is 13.9 Å². The lowest BCUT2D eigenvalue weighted by molar-refractivity contribution is 0.0240. The summed E-state index contributed by atoms with van der Waals surface area (Å²) in [5.41, 5.74) is 1.24. The fourth-order valence-corrected chi connectivity index (χ4v) is 3.10. The first-order chi connectivity index (χ1) is 12.7. The number of halogens is 2. The first-order valence-corrected chi connectivity index (χ1v) is 9.25. The highest BCUT2D eigenvalue weighted by Gasteiger charge is 2.26. The van der Waals surface area contributed by atoms with Crippen molar-refractivity contribution in [1.82, 2.24) is 9.88 Å². The standard InChI is InChI=1S/C20H23ClFN3O2/c1-20(2,3)27-19(26)25-10-8-24(9-11-25)18-13-15(12-17(21)23-18)14-4-6-16(22)7-5-14/h4-7,12-13H,8-11H2,1-3H3.